The van der Waals surface area contributed by atoms with Gasteiger partial charge in [-0.05, 0) is 55.5 Å². The SMILES string of the molecule is CO[C@@H]1CCC[C@@H](C(=O)N2CCC(Cn3nc(-c4cccs4)ccc3=O)CC2)C1. The van der Waals surface area contributed by atoms with Crippen LogP contribution in [0.4, 0.5) is 0 Å². The van der Waals surface area contributed by atoms with E-state index in [1.165, 1.54) is 0 Å². The predicted molar refractivity (Wildman–Crippen MR) is 114 cm³/mol. The van der Waals surface area contributed by atoms with Crippen molar-refractivity contribution in [2.75, 3.05) is 20.2 Å². The summed E-state index contributed by atoms with van der Waals surface area (Å²) >= 11 is 1.62. The Bertz CT molecular complexity index is 872. The van der Waals surface area contributed by atoms with Crippen LogP contribution in [-0.2, 0) is 16.1 Å². The second-order valence-electron chi connectivity index (χ2n) is 8.21. The topological polar surface area (TPSA) is 64.4 Å². The third-order valence-corrected chi connectivity index (χ3v) is 7.20. The van der Waals surface area contributed by atoms with Crippen molar-refractivity contribution in [1.82, 2.24) is 14.7 Å². The molecule has 0 spiro atoms. The van der Waals surface area contributed by atoms with Crippen LogP contribution < -0.4 is 5.56 Å². The van der Waals surface area contributed by atoms with E-state index in [0.29, 0.717) is 18.4 Å². The molecule has 156 valence electrons. The van der Waals surface area contributed by atoms with Crippen LogP contribution in [0.5, 0.6) is 0 Å². The fraction of sp³-hybridized carbons (Fsp3) is 0.591. The van der Waals surface area contributed by atoms with E-state index in [2.05, 4.69) is 5.10 Å². The Kier molecular flexibility index (Phi) is 6.45. The Morgan fingerprint density at radius 3 is 2.76 bits per heavy atom. The number of carbonyl (C=O) groups is 1. The highest BCUT2D eigenvalue weighted by Gasteiger charge is 2.32. The number of amides is 1. The van der Waals surface area contributed by atoms with Crippen molar-refractivity contribution in [3.05, 3.63) is 40.0 Å². The lowest BCUT2D eigenvalue weighted by Gasteiger charge is -2.36. The molecule has 2 atom stereocenters. The van der Waals surface area contributed by atoms with Gasteiger partial charge >= 0.3 is 0 Å². The van der Waals surface area contributed by atoms with Gasteiger partial charge in [0.05, 0.1) is 11.0 Å². The van der Waals surface area contributed by atoms with E-state index in [9.17, 15) is 9.59 Å². The van der Waals surface area contributed by atoms with Crippen LogP contribution in [0.2, 0.25) is 0 Å². The second-order valence-corrected chi connectivity index (χ2v) is 9.15. The zero-order chi connectivity index (χ0) is 20.2. The number of carbonyl (C=O) groups excluding carboxylic acids is 1. The van der Waals surface area contributed by atoms with Crippen LogP contribution in [-0.4, -0.2) is 46.9 Å². The van der Waals surface area contributed by atoms with Gasteiger partial charge in [0.25, 0.3) is 5.56 Å². The first-order valence-corrected chi connectivity index (χ1v) is 11.5. The Hall–Kier alpha value is -1.99. The normalized spacial score (nSPS) is 23.3. The van der Waals surface area contributed by atoms with Gasteiger partial charge in [-0.2, -0.15) is 5.10 Å². The van der Waals surface area contributed by atoms with Gasteiger partial charge in [0, 0.05) is 38.7 Å². The first-order chi connectivity index (χ1) is 14.1. The first-order valence-electron chi connectivity index (χ1n) is 10.6. The van der Waals surface area contributed by atoms with E-state index < -0.39 is 0 Å². The maximum atomic E-state index is 12.9. The lowest BCUT2D eigenvalue weighted by Crippen LogP contribution is -2.44. The number of thiophene rings is 1. The van der Waals surface area contributed by atoms with Crippen molar-refractivity contribution in [2.45, 2.75) is 51.2 Å². The molecule has 0 bridgehead atoms. The molecule has 0 unspecified atom stereocenters. The number of piperidine rings is 1. The fourth-order valence-corrected chi connectivity index (χ4v) is 5.25. The lowest BCUT2D eigenvalue weighted by molar-refractivity contribution is -0.139. The van der Waals surface area contributed by atoms with E-state index in [-0.39, 0.29) is 17.6 Å². The first kappa shape index (κ1) is 20.3. The number of likely N-dealkylation sites (tertiary alicyclic amines) is 1. The zero-order valence-electron chi connectivity index (χ0n) is 17.0. The number of ether oxygens (including phenoxy) is 1. The highest BCUT2D eigenvalue weighted by Crippen LogP contribution is 2.29. The van der Waals surface area contributed by atoms with Crippen LogP contribution in [0, 0.1) is 11.8 Å². The largest absolute Gasteiger partial charge is 0.381 e. The van der Waals surface area contributed by atoms with Gasteiger partial charge in [0.2, 0.25) is 5.91 Å². The Morgan fingerprint density at radius 1 is 1.21 bits per heavy atom. The quantitative estimate of drug-likeness (QED) is 0.751. The third-order valence-electron chi connectivity index (χ3n) is 6.31. The Labute approximate surface area is 175 Å². The van der Waals surface area contributed by atoms with Gasteiger partial charge in [-0.1, -0.05) is 12.5 Å². The molecule has 6 nitrogen and oxygen atoms in total. The van der Waals surface area contributed by atoms with Crippen LogP contribution in [0.3, 0.4) is 0 Å². The maximum Gasteiger partial charge on any atom is 0.266 e. The van der Waals surface area contributed by atoms with E-state index in [4.69, 9.17) is 4.74 Å². The maximum absolute atomic E-state index is 12.9. The smallest absolute Gasteiger partial charge is 0.266 e. The number of nitrogens with zero attached hydrogens (tertiary/aromatic N) is 3. The Balaban J connectivity index is 1.34. The molecule has 1 saturated heterocycles. The molecule has 0 N–H and O–H groups in total. The minimum absolute atomic E-state index is 0.0587. The molecule has 1 aliphatic carbocycles. The summed E-state index contributed by atoms with van der Waals surface area (Å²) in [6, 6.07) is 7.41. The van der Waals surface area contributed by atoms with E-state index >= 15 is 0 Å². The molecule has 0 aromatic carbocycles. The van der Waals surface area contributed by atoms with Crippen molar-refractivity contribution >= 4 is 17.2 Å². The summed E-state index contributed by atoms with van der Waals surface area (Å²) in [6.45, 7) is 2.17. The lowest BCUT2D eigenvalue weighted by atomic mass is 9.85. The molecular weight excluding hydrogens is 386 g/mol. The minimum atomic E-state index is -0.0587. The summed E-state index contributed by atoms with van der Waals surface area (Å²) in [5.74, 6) is 0.776. The molecule has 29 heavy (non-hydrogen) atoms. The van der Waals surface area contributed by atoms with Crippen molar-refractivity contribution in [1.29, 1.82) is 0 Å². The van der Waals surface area contributed by atoms with Crippen LogP contribution >= 0.6 is 11.3 Å². The van der Waals surface area contributed by atoms with Gasteiger partial charge < -0.3 is 9.64 Å². The van der Waals surface area contributed by atoms with Crippen LogP contribution in [0.1, 0.15) is 38.5 Å². The highest BCUT2D eigenvalue weighted by atomic mass is 32.1. The summed E-state index contributed by atoms with van der Waals surface area (Å²) in [5, 5.41) is 6.59. The molecule has 2 aromatic rings. The minimum Gasteiger partial charge on any atom is -0.381 e. The molecule has 1 saturated carbocycles. The van der Waals surface area contributed by atoms with Crippen LogP contribution in [0.15, 0.2) is 34.4 Å². The molecular formula is C22H29N3O3S. The van der Waals surface area contributed by atoms with E-state index in [1.807, 2.05) is 22.4 Å². The monoisotopic (exact) mass is 415 g/mol. The molecule has 0 radical (unpaired) electrons. The molecule has 7 heteroatoms. The van der Waals surface area contributed by atoms with Gasteiger partial charge in [-0.15, -0.1) is 11.3 Å². The van der Waals surface area contributed by atoms with E-state index in [0.717, 1.165) is 62.2 Å². The van der Waals surface area contributed by atoms with Crippen molar-refractivity contribution in [3.8, 4) is 10.6 Å². The Morgan fingerprint density at radius 2 is 2.03 bits per heavy atom. The molecule has 1 amide bonds. The summed E-state index contributed by atoms with van der Waals surface area (Å²) in [6.07, 6.45) is 6.03. The number of methoxy groups -OCH3 is 1. The summed E-state index contributed by atoms with van der Waals surface area (Å²) in [5.41, 5.74) is 0.786. The number of hydrogen-bond acceptors (Lipinski definition) is 5. The van der Waals surface area contributed by atoms with E-state index in [1.54, 1.807) is 35.3 Å². The third kappa shape index (κ3) is 4.78. The predicted octanol–water partition coefficient (Wildman–Crippen LogP) is 3.42. The number of aromatic nitrogens is 2. The van der Waals surface area contributed by atoms with Gasteiger partial charge in [-0.25, -0.2) is 4.68 Å². The summed E-state index contributed by atoms with van der Waals surface area (Å²) in [7, 11) is 1.74. The molecule has 3 heterocycles. The molecule has 2 fully saturated rings. The second kappa shape index (κ2) is 9.22. The number of rotatable bonds is 5. The van der Waals surface area contributed by atoms with Gasteiger partial charge in [-0.3, -0.25) is 9.59 Å². The highest BCUT2D eigenvalue weighted by molar-refractivity contribution is 7.13. The zero-order valence-corrected chi connectivity index (χ0v) is 17.8. The summed E-state index contributed by atoms with van der Waals surface area (Å²) < 4.78 is 7.08. The van der Waals surface area contributed by atoms with Crippen molar-refractivity contribution < 1.29 is 9.53 Å². The fourth-order valence-electron chi connectivity index (χ4n) is 4.56. The number of hydrogen-bond donors (Lipinski definition) is 0. The van der Waals surface area contributed by atoms with Crippen molar-refractivity contribution in [2.24, 2.45) is 11.8 Å². The van der Waals surface area contributed by atoms with Gasteiger partial charge in [0.1, 0.15) is 5.69 Å². The van der Waals surface area contributed by atoms with Gasteiger partial charge in [0.15, 0.2) is 0 Å². The van der Waals surface area contributed by atoms with Crippen LogP contribution in [0.25, 0.3) is 10.6 Å². The molecule has 2 aromatic heterocycles. The molecule has 2 aliphatic rings. The average Bonchev–Trinajstić information content (AvgIpc) is 3.30. The molecule has 1 aliphatic heterocycles. The average molecular weight is 416 g/mol. The van der Waals surface area contributed by atoms with Crippen molar-refractivity contribution in [3.63, 3.8) is 0 Å². The standard InChI is InChI=1S/C22H29N3O3S/c1-28-18-5-2-4-17(14-18)22(27)24-11-9-16(10-12-24)15-25-21(26)8-7-19(23-25)20-6-3-13-29-20/h3,6-8,13,16-18H,2,4-5,9-12,14-15H2,1H3/t17-,18-/m1/s1. The molecule has 4 rings (SSSR count). The summed E-state index contributed by atoms with van der Waals surface area (Å²) in [4.78, 5) is 28.3.